The summed E-state index contributed by atoms with van der Waals surface area (Å²) < 4.78 is 26.9. The van der Waals surface area contributed by atoms with Gasteiger partial charge in [-0.1, -0.05) is 0 Å². The topological polar surface area (TPSA) is 115 Å². The van der Waals surface area contributed by atoms with Crippen molar-refractivity contribution < 1.29 is 13.2 Å². The number of H-pyrrole nitrogens is 1. The molecule has 2 N–H and O–H groups in total. The van der Waals surface area contributed by atoms with Gasteiger partial charge in [0, 0.05) is 43.9 Å². The summed E-state index contributed by atoms with van der Waals surface area (Å²) in [5.74, 6) is 1.19. The van der Waals surface area contributed by atoms with E-state index in [-0.39, 0.29) is 28.7 Å². The highest BCUT2D eigenvalue weighted by atomic mass is 32.2. The van der Waals surface area contributed by atoms with Gasteiger partial charge in [0.05, 0.1) is 5.25 Å². The fraction of sp³-hybridized carbons (Fsp3) is 0.522. The first-order chi connectivity index (χ1) is 15.7. The number of aryl methyl sites for hydroxylation is 1. The standard InChI is InChI=1S/C23H29N5O4S/c1-14-12-24-20(25-23(30)16-3-4-16)11-19(14)17-9-21(26-22(29)10-17)28-8-7-27(13-15(28)2)33(31,32)18-5-6-18/h9-12,15-16,18H,3-8,13H2,1-2H3,(H,26,29)(H,24,25,30)/t15-/m0/s1. The van der Waals surface area contributed by atoms with E-state index in [9.17, 15) is 18.0 Å². The van der Waals surface area contributed by atoms with E-state index >= 15 is 0 Å². The van der Waals surface area contributed by atoms with E-state index < -0.39 is 10.0 Å². The van der Waals surface area contributed by atoms with Gasteiger partial charge in [-0.05, 0) is 68.4 Å². The summed E-state index contributed by atoms with van der Waals surface area (Å²) in [7, 11) is -3.22. The van der Waals surface area contributed by atoms with Crippen molar-refractivity contribution in [3.63, 3.8) is 0 Å². The maximum absolute atomic E-state index is 12.6. The molecule has 0 radical (unpaired) electrons. The number of carbonyl (C=O) groups excluding carboxylic acids is 1. The van der Waals surface area contributed by atoms with E-state index in [1.165, 1.54) is 6.07 Å². The summed E-state index contributed by atoms with van der Waals surface area (Å²) >= 11 is 0. The van der Waals surface area contributed by atoms with Crippen LogP contribution >= 0.6 is 0 Å². The van der Waals surface area contributed by atoms with Crippen LogP contribution in [0.15, 0.2) is 29.2 Å². The van der Waals surface area contributed by atoms with Crippen LogP contribution in [-0.4, -0.2) is 59.5 Å². The molecule has 2 saturated carbocycles. The van der Waals surface area contributed by atoms with Crippen molar-refractivity contribution in [3.05, 3.63) is 40.3 Å². The van der Waals surface area contributed by atoms with Crippen molar-refractivity contribution in [3.8, 4) is 11.1 Å². The van der Waals surface area contributed by atoms with Gasteiger partial charge in [-0.3, -0.25) is 9.59 Å². The van der Waals surface area contributed by atoms with Crippen LogP contribution in [0, 0.1) is 12.8 Å². The smallest absolute Gasteiger partial charge is 0.250 e. The Labute approximate surface area is 193 Å². The molecule has 2 aromatic heterocycles. The van der Waals surface area contributed by atoms with E-state index in [1.807, 2.05) is 19.9 Å². The van der Waals surface area contributed by atoms with Crippen LogP contribution in [0.4, 0.5) is 11.6 Å². The highest BCUT2D eigenvalue weighted by molar-refractivity contribution is 7.90. The van der Waals surface area contributed by atoms with E-state index in [2.05, 4.69) is 20.2 Å². The first kappa shape index (κ1) is 22.1. The van der Waals surface area contributed by atoms with Gasteiger partial charge < -0.3 is 15.2 Å². The largest absolute Gasteiger partial charge is 0.353 e. The lowest BCUT2D eigenvalue weighted by Crippen LogP contribution is -2.54. The van der Waals surface area contributed by atoms with Gasteiger partial charge in [0.15, 0.2) is 0 Å². The van der Waals surface area contributed by atoms with Crippen molar-refractivity contribution >= 4 is 27.6 Å². The number of pyridine rings is 2. The predicted octanol–water partition coefficient (Wildman–Crippen LogP) is 2.10. The third-order valence-electron chi connectivity index (χ3n) is 6.65. The maximum atomic E-state index is 12.6. The average molecular weight is 472 g/mol. The van der Waals surface area contributed by atoms with Crippen molar-refractivity contribution in [2.24, 2.45) is 5.92 Å². The number of hydrogen-bond donors (Lipinski definition) is 2. The Morgan fingerprint density at radius 1 is 1.15 bits per heavy atom. The molecular formula is C23H29N5O4S. The Hall–Kier alpha value is -2.72. The molecule has 176 valence electrons. The summed E-state index contributed by atoms with van der Waals surface area (Å²) in [4.78, 5) is 34.0. The minimum absolute atomic E-state index is 0.0169. The number of nitrogens with one attached hydrogen (secondary N) is 2. The third-order valence-corrected chi connectivity index (χ3v) is 9.01. The van der Waals surface area contributed by atoms with Crippen LogP contribution in [0.5, 0.6) is 0 Å². The molecule has 2 aliphatic carbocycles. The number of anilines is 2. The van der Waals surface area contributed by atoms with E-state index in [4.69, 9.17) is 0 Å². The minimum atomic E-state index is -3.22. The summed E-state index contributed by atoms with van der Waals surface area (Å²) in [6, 6.07) is 5.18. The quantitative estimate of drug-likeness (QED) is 0.667. The molecule has 0 spiro atoms. The molecule has 0 bridgehead atoms. The van der Waals surface area contributed by atoms with Gasteiger partial charge in [0.1, 0.15) is 11.6 Å². The first-order valence-corrected chi connectivity index (χ1v) is 13.0. The monoisotopic (exact) mass is 471 g/mol. The summed E-state index contributed by atoms with van der Waals surface area (Å²) in [6.07, 6.45) is 5.02. The molecule has 3 aliphatic rings. The van der Waals surface area contributed by atoms with Crippen LogP contribution in [0.3, 0.4) is 0 Å². The van der Waals surface area contributed by atoms with Crippen LogP contribution in [0.1, 0.15) is 38.2 Å². The van der Waals surface area contributed by atoms with Crippen LogP contribution in [0.2, 0.25) is 0 Å². The Morgan fingerprint density at radius 2 is 1.91 bits per heavy atom. The number of carbonyl (C=O) groups is 1. The number of aromatic amines is 1. The number of sulfonamides is 1. The molecule has 1 amide bonds. The lowest BCUT2D eigenvalue weighted by atomic mass is 10.0. The lowest BCUT2D eigenvalue weighted by molar-refractivity contribution is -0.117. The molecule has 2 aromatic rings. The molecule has 1 saturated heterocycles. The third kappa shape index (κ3) is 4.54. The number of amides is 1. The van der Waals surface area contributed by atoms with Gasteiger partial charge in [0.25, 0.3) is 0 Å². The number of piperazine rings is 1. The van der Waals surface area contributed by atoms with E-state index in [0.29, 0.717) is 31.3 Å². The van der Waals surface area contributed by atoms with Crippen LogP contribution in [-0.2, 0) is 14.8 Å². The van der Waals surface area contributed by atoms with Crippen molar-refractivity contribution in [2.45, 2.75) is 50.8 Å². The molecule has 0 aromatic carbocycles. The zero-order valence-electron chi connectivity index (χ0n) is 18.9. The maximum Gasteiger partial charge on any atom is 0.250 e. The van der Waals surface area contributed by atoms with Gasteiger partial charge >= 0.3 is 0 Å². The lowest BCUT2D eigenvalue weighted by Gasteiger charge is -2.40. The Morgan fingerprint density at radius 3 is 2.58 bits per heavy atom. The minimum Gasteiger partial charge on any atom is -0.353 e. The van der Waals surface area contributed by atoms with E-state index in [0.717, 1.165) is 42.4 Å². The van der Waals surface area contributed by atoms with Gasteiger partial charge in [-0.2, -0.15) is 4.31 Å². The highest BCUT2D eigenvalue weighted by Crippen LogP contribution is 2.34. The fourth-order valence-corrected chi connectivity index (χ4v) is 6.32. The zero-order valence-corrected chi connectivity index (χ0v) is 19.7. The SMILES string of the molecule is Cc1cnc(NC(=O)C2CC2)cc1-c1cc(N2CCN(S(=O)(=O)C3CC3)C[C@@H]2C)[nH]c(=O)c1. The number of rotatable bonds is 6. The second-order valence-corrected chi connectivity index (χ2v) is 11.6. The van der Waals surface area contributed by atoms with Crippen LogP contribution in [0.25, 0.3) is 11.1 Å². The number of hydrogen-bond acceptors (Lipinski definition) is 6. The molecule has 1 aliphatic heterocycles. The molecule has 1 atom stereocenters. The van der Waals surface area contributed by atoms with Gasteiger partial charge in [0.2, 0.25) is 21.5 Å². The van der Waals surface area contributed by atoms with Gasteiger partial charge in [-0.25, -0.2) is 13.4 Å². The van der Waals surface area contributed by atoms with Crippen molar-refractivity contribution in [1.29, 1.82) is 0 Å². The van der Waals surface area contributed by atoms with Crippen LogP contribution < -0.4 is 15.8 Å². The predicted molar refractivity (Wildman–Crippen MR) is 127 cm³/mol. The second-order valence-electron chi connectivity index (χ2n) is 9.41. The summed E-state index contributed by atoms with van der Waals surface area (Å²) in [5, 5.41) is 2.65. The summed E-state index contributed by atoms with van der Waals surface area (Å²) in [5.41, 5.74) is 2.22. The summed E-state index contributed by atoms with van der Waals surface area (Å²) in [6.45, 7) is 5.20. The molecule has 33 heavy (non-hydrogen) atoms. The zero-order chi connectivity index (χ0) is 23.3. The molecule has 9 nitrogen and oxygen atoms in total. The molecule has 3 heterocycles. The molecule has 0 unspecified atom stereocenters. The highest BCUT2D eigenvalue weighted by Gasteiger charge is 2.42. The molecule has 5 rings (SSSR count). The normalized spacial score (nSPS) is 21.8. The van der Waals surface area contributed by atoms with E-state index in [1.54, 1.807) is 16.6 Å². The van der Waals surface area contributed by atoms with Crippen molar-refractivity contribution in [1.82, 2.24) is 14.3 Å². The molecular weight excluding hydrogens is 442 g/mol. The fourth-order valence-electron chi connectivity index (χ4n) is 4.41. The Balaban J connectivity index is 1.40. The Kier molecular flexibility index (Phi) is 5.52. The average Bonchev–Trinajstić information content (AvgIpc) is 3.66. The molecule has 3 fully saturated rings. The molecule has 10 heteroatoms. The number of nitrogens with zero attached hydrogens (tertiary/aromatic N) is 3. The number of aromatic nitrogens is 2. The Bertz CT molecular complexity index is 1250. The van der Waals surface area contributed by atoms with Crippen molar-refractivity contribution in [2.75, 3.05) is 29.9 Å². The second kappa shape index (κ2) is 8.25. The van der Waals surface area contributed by atoms with Gasteiger partial charge in [-0.15, -0.1) is 0 Å². The first-order valence-electron chi connectivity index (χ1n) is 11.5.